The molecule has 2 aromatic heterocycles. The number of carbonyl (C=O) groups is 1. The molecule has 0 aliphatic rings. The van der Waals surface area contributed by atoms with Gasteiger partial charge in [0, 0.05) is 13.2 Å². The normalized spacial score (nSPS) is 11.1. The third-order valence-corrected chi connectivity index (χ3v) is 2.30. The summed E-state index contributed by atoms with van der Waals surface area (Å²) < 4.78 is 14.6. The molecule has 0 bridgehead atoms. The van der Waals surface area contributed by atoms with E-state index in [1.807, 2.05) is 0 Å². The van der Waals surface area contributed by atoms with E-state index in [0.717, 1.165) is 4.68 Å². The van der Waals surface area contributed by atoms with Crippen molar-refractivity contribution in [2.45, 2.75) is 6.92 Å². The van der Waals surface area contributed by atoms with Gasteiger partial charge in [-0.1, -0.05) is 0 Å². The van der Waals surface area contributed by atoms with Gasteiger partial charge in [-0.05, 0) is 13.0 Å². The summed E-state index contributed by atoms with van der Waals surface area (Å²) in [4.78, 5) is 11.5. The molecule has 18 heavy (non-hydrogen) atoms. The molecule has 0 saturated carbocycles. The summed E-state index contributed by atoms with van der Waals surface area (Å²) in [5, 5.41) is 13.7. The van der Waals surface area contributed by atoms with Gasteiger partial charge in [-0.15, -0.1) is 0 Å². The Morgan fingerprint density at radius 1 is 1.67 bits per heavy atom. The minimum Gasteiger partial charge on any atom is -0.273 e. The summed E-state index contributed by atoms with van der Waals surface area (Å²) in [7, 11) is 1.49. The number of amides is 1. The molecule has 2 rings (SSSR count). The maximum absolute atomic E-state index is 13.5. The van der Waals surface area contributed by atoms with Gasteiger partial charge >= 0.3 is 0 Å². The third kappa shape index (κ3) is 2.26. The number of nitrogens with one attached hydrogen (secondary N) is 2. The van der Waals surface area contributed by atoms with Crippen molar-refractivity contribution in [3.63, 3.8) is 0 Å². The van der Waals surface area contributed by atoms with Crippen LogP contribution >= 0.6 is 0 Å². The molecular formula is C10H11FN6O. The molecule has 0 aliphatic carbocycles. The van der Waals surface area contributed by atoms with E-state index in [9.17, 15) is 9.18 Å². The molecule has 8 heteroatoms. The van der Waals surface area contributed by atoms with Crippen molar-refractivity contribution in [2.75, 3.05) is 0 Å². The average Bonchev–Trinajstić information content (AvgIpc) is 2.93. The van der Waals surface area contributed by atoms with Crippen LogP contribution in [0.15, 0.2) is 17.4 Å². The van der Waals surface area contributed by atoms with Crippen LogP contribution in [-0.4, -0.2) is 32.1 Å². The highest BCUT2D eigenvalue weighted by molar-refractivity contribution is 5.93. The zero-order valence-electron chi connectivity index (χ0n) is 9.81. The van der Waals surface area contributed by atoms with Crippen LogP contribution in [0.1, 0.15) is 21.7 Å². The van der Waals surface area contributed by atoms with Gasteiger partial charge < -0.3 is 0 Å². The molecule has 0 saturated heterocycles. The number of H-pyrrole nitrogens is 1. The zero-order valence-corrected chi connectivity index (χ0v) is 9.81. The van der Waals surface area contributed by atoms with Crippen molar-refractivity contribution >= 4 is 12.1 Å². The van der Waals surface area contributed by atoms with E-state index in [-0.39, 0.29) is 11.3 Å². The molecule has 0 spiro atoms. The second-order valence-electron chi connectivity index (χ2n) is 3.58. The van der Waals surface area contributed by atoms with E-state index in [2.05, 4.69) is 25.8 Å². The topological polar surface area (TPSA) is 88.0 Å². The van der Waals surface area contributed by atoms with Crippen LogP contribution in [0.5, 0.6) is 0 Å². The van der Waals surface area contributed by atoms with Gasteiger partial charge in [-0.25, -0.2) is 10.1 Å². The van der Waals surface area contributed by atoms with Gasteiger partial charge in [0.2, 0.25) is 5.95 Å². The summed E-state index contributed by atoms with van der Waals surface area (Å²) in [5.74, 6) is -0.960. The summed E-state index contributed by atoms with van der Waals surface area (Å²) in [5.41, 5.74) is 3.26. The highest BCUT2D eigenvalue weighted by Crippen LogP contribution is 2.07. The monoisotopic (exact) mass is 250 g/mol. The Morgan fingerprint density at radius 2 is 2.44 bits per heavy atom. The first-order valence-corrected chi connectivity index (χ1v) is 5.11. The second-order valence-corrected chi connectivity index (χ2v) is 3.58. The lowest BCUT2D eigenvalue weighted by Gasteiger charge is -1.95. The van der Waals surface area contributed by atoms with E-state index in [1.165, 1.54) is 25.5 Å². The van der Waals surface area contributed by atoms with Crippen LogP contribution in [0.2, 0.25) is 0 Å². The lowest BCUT2D eigenvalue weighted by atomic mass is 10.3. The number of carbonyl (C=O) groups excluding carboxylic acids is 1. The molecule has 2 N–H and O–H groups in total. The number of halogens is 1. The maximum atomic E-state index is 13.5. The molecule has 94 valence electrons. The summed E-state index contributed by atoms with van der Waals surface area (Å²) in [6.45, 7) is 1.65. The Balaban J connectivity index is 2.06. The number of nitrogens with zero attached hydrogens (tertiary/aromatic N) is 4. The number of hydrogen-bond acceptors (Lipinski definition) is 4. The standard InChI is InChI=1S/C10H11FN6O/c1-6-7(9(11)17(2)16-6)5-13-15-10(18)8-3-4-12-14-8/h3-5H,1-2H3,(H,12,14)(H,15,18)/b13-5-. The molecule has 7 nitrogen and oxygen atoms in total. The lowest BCUT2D eigenvalue weighted by Crippen LogP contribution is -2.18. The van der Waals surface area contributed by atoms with E-state index in [4.69, 9.17) is 0 Å². The van der Waals surface area contributed by atoms with E-state index >= 15 is 0 Å². The Bertz CT molecular complexity index is 586. The first kappa shape index (κ1) is 12.0. The predicted octanol–water partition coefficient (Wildman–Crippen LogP) is 0.355. The smallest absolute Gasteiger partial charge is 0.273 e. The van der Waals surface area contributed by atoms with Crippen molar-refractivity contribution in [1.82, 2.24) is 25.4 Å². The number of aromatic nitrogens is 4. The van der Waals surface area contributed by atoms with Crippen molar-refractivity contribution in [3.8, 4) is 0 Å². The molecule has 0 aromatic carbocycles. The van der Waals surface area contributed by atoms with Crippen LogP contribution in [0.3, 0.4) is 0 Å². The number of hydrogen-bond donors (Lipinski definition) is 2. The highest BCUT2D eigenvalue weighted by Gasteiger charge is 2.10. The van der Waals surface area contributed by atoms with Gasteiger partial charge in [-0.3, -0.25) is 9.89 Å². The number of aromatic amines is 1. The Labute approximate surface area is 102 Å². The molecule has 0 radical (unpaired) electrons. The summed E-state index contributed by atoms with van der Waals surface area (Å²) >= 11 is 0. The van der Waals surface area contributed by atoms with Crippen LogP contribution in [0.25, 0.3) is 0 Å². The van der Waals surface area contributed by atoms with E-state index < -0.39 is 11.9 Å². The molecule has 0 aliphatic heterocycles. The first-order valence-electron chi connectivity index (χ1n) is 5.11. The number of hydrazone groups is 1. The van der Waals surface area contributed by atoms with Crippen molar-refractivity contribution in [3.05, 3.63) is 35.2 Å². The fourth-order valence-corrected chi connectivity index (χ4v) is 1.39. The summed E-state index contributed by atoms with van der Waals surface area (Å²) in [6.07, 6.45) is 2.66. The molecule has 0 unspecified atom stereocenters. The van der Waals surface area contributed by atoms with Gasteiger partial charge in [0.15, 0.2) is 0 Å². The van der Waals surface area contributed by atoms with E-state index in [0.29, 0.717) is 5.69 Å². The Hall–Kier alpha value is -2.51. The highest BCUT2D eigenvalue weighted by atomic mass is 19.1. The van der Waals surface area contributed by atoms with Gasteiger partial charge in [0.25, 0.3) is 5.91 Å². The molecule has 0 atom stereocenters. The third-order valence-electron chi connectivity index (χ3n) is 2.30. The van der Waals surface area contributed by atoms with Gasteiger partial charge in [0.1, 0.15) is 5.69 Å². The van der Waals surface area contributed by atoms with Crippen molar-refractivity contribution in [1.29, 1.82) is 0 Å². The maximum Gasteiger partial charge on any atom is 0.289 e. The van der Waals surface area contributed by atoms with Crippen molar-refractivity contribution in [2.24, 2.45) is 12.1 Å². The number of rotatable bonds is 3. The van der Waals surface area contributed by atoms with Crippen LogP contribution in [-0.2, 0) is 7.05 Å². The largest absolute Gasteiger partial charge is 0.289 e. The van der Waals surface area contributed by atoms with Crippen molar-refractivity contribution < 1.29 is 9.18 Å². The minimum absolute atomic E-state index is 0.238. The van der Waals surface area contributed by atoms with Crippen LogP contribution in [0, 0.1) is 12.9 Å². The first-order chi connectivity index (χ1) is 8.59. The predicted molar refractivity (Wildman–Crippen MR) is 61.6 cm³/mol. The molecule has 2 heterocycles. The molecule has 1 amide bonds. The fraction of sp³-hybridized carbons (Fsp3) is 0.200. The quantitative estimate of drug-likeness (QED) is 0.608. The summed E-state index contributed by atoms with van der Waals surface area (Å²) in [6, 6.07) is 1.50. The van der Waals surface area contributed by atoms with Gasteiger partial charge in [0.05, 0.1) is 17.5 Å². The Morgan fingerprint density at radius 3 is 3.00 bits per heavy atom. The Kier molecular flexibility index (Phi) is 3.18. The lowest BCUT2D eigenvalue weighted by molar-refractivity contribution is 0.0950. The zero-order chi connectivity index (χ0) is 13.1. The van der Waals surface area contributed by atoms with E-state index in [1.54, 1.807) is 6.92 Å². The van der Waals surface area contributed by atoms with Crippen LogP contribution < -0.4 is 5.43 Å². The SMILES string of the molecule is Cc1nn(C)c(F)c1/C=N\NC(=O)c1ccn[nH]1. The van der Waals surface area contributed by atoms with Gasteiger partial charge in [-0.2, -0.15) is 19.7 Å². The minimum atomic E-state index is -0.507. The molecule has 0 fully saturated rings. The second kappa shape index (κ2) is 4.78. The molecule has 2 aromatic rings. The number of aryl methyl sites for hydroxylation is 2. The average molecular weight is 250 g/mol. The fourth-order valence-electron chi connectivity index (χ4n) is 1.39. The van der Waals surface area contributed by atoms with Crippen LogP contribution in [0.4, 0.5) is 4.39 Å². The molecular weight excluding hydrogens is 239 g/mol.